The van der Waals surface area contributed by atoms with Crippen LogP contribution in [-0.2, 0) is 11.2 Å². The highest BCUT2D eigenvalue weighted by Crippen LogP contribution is 2.10. The van der Waals surface area contributed by atoms with Gasteiger partial charge in [0.2, 0.25) is 0 Å². The fourth-order valence-electron chi connectivity index (χ4n) is 1.33. The van der Waals surface area contributed by atoms with Gasteiger partial charge in [-0.15, -0.1) is 12.4 Å². The molecule has 6 heteroatoms. The second-order valence-electron chi connectivity index (χ2n) is 3.34. The Hall–Kier alpha value is -1.20. The molecule has 0 saturated heterocycles. The van der Waals surface area contributed by atoms with Gasteiger partial charge in [-0.1, -0.05) is 0 Å². The van der Waals surface area contributed by atoms with E-state index in [2.05, 4.69) is 0 Å². The van der Waals surface area contributed by atoms with E-state index in [0.29, 0.717) is 5.56 Å². The summed E-state index contributed by atoms with van der Waals surface area (Å²) in [6.45, 7) is 0. The van der Waals surface area contributed by atoms with Gasteiger partial charge in [0.25, 0.3) is 0 Å². The van der Waals surface area contributed by atoms with E-state index in [0.717, 1.165) is 18.2 Å². The molecule has 0 aliphatic heterocycles. The van der Waals surface area contributed by atoms with Gasteiger partial charge in [-0.2, -0.15) is 0 Å². The molecule has 1 rings (SSSR count). The topological polar surface area (TPSA) is 63.3 Å². The number of nitrogens with two attached hydrogens (primary N) is 1. The average molecular weight is 252 g/mol. The molecule has 1 unspecified atom stereocenters. The first-order valence-corrected chi connectivity index (χ1v) is 4.39. The number of rotatable bonds is 4. The Balaban J connectivity index is 0.00000225. The fourth-order valence-corrected chi connectivity index (χ4v) is 1.33. The summed E-state index contributed by atoms with van der Waals surface area (Å²) in [6, 6.07) is 2.41. The maximum atomic E-state index is 12.7. The highest BCUT2D eigenvalue weighted by Gasteiger charge is 2.10. The smallest absolute Gasteiger partial charge is 0.304 e. The van der Waals surface area contributed by atoms with Crippen molar-refractivity contribution in [3.8, 4) is 0 Å². The third kappa shape index (κ3) is 5.04. The summed E-state index contributed by atoms with van der Waals surface area (Å²) in [4.78, 5) is 10.3. The quantitative estimate of drug-likeness (QED) is 0.857. The summed E-state index contributed by atoms with van der Waals surface area (Å²) in [5.74, 6) is -2.40. The van der Waals surface area contributed by atoms with Crippen LogP contribution in [0.2, 0.25) is 0 Å². The van der Waals surface area contributed by atoms with Crippen LogP contribution in [0.25, 0.3) is 0 Å². The minimum absolute atomic E-state index is 0. The number of hydrogen-bond acceptors (Lipinski definition) is 2. The molecule has 0 aliphatic carbocycles. The van der Waals surface area contributed by atoms with Gasteiger partial charge in [-0.25, -0.2) is 8.78 Å². The summed E-state index contributed by atoms with van der Waals surface area (Å²) in [5, 5.41) is 8.44. The Morgan fingerprint density at radius 2 is 1.81 bits per heavy atom. The Morgan fingerprint density at radius 3 is 2.25 bits per heavy atom. The van der Waals surface area contributed by atoms with Crippen molar-refractivity contribution in [3.63, 3.8) is 0 Å². The molecule has 16 heavy (non-hydrogen) atoms. The van der Waals surface area contributed by atoms with Crippen molar-refractivity contribution >= 4 is 18.4 Å². The van der Waals surface area contributed by atoms with E-state index in [4.69, 9.17) is 10.8 Å². The van der Waals surface area contributed by atoms with Crippen molar-refractivity contribution < 1.29 is 18.7 Å². The maximum absolute atomic E-state index is 12.7. The lowest BCUT2D eigenvalue weighted by atomic mass is 10.0. The molecule has 0 amide bonds. The van der Waals surface area contributed by atoms with Gasteiger partial charge < -0.3 is 10.8 Å². The zero-order valence-electron chi connectivity index (χ0n) is 8.32. The zero-order chi connectivity index (χ0) is 11.4. The standard InChI is InChI=1S/C10H11F2NO2.ClH/c11-7-1-6(2-8(12)4-7)3-9(13)5-10(14)15;/h1-2,4,9H,3,5,13H2,(H,14,15);1H. The fraction of sp³-hybridized carbons (Fsp3) is 0.300. The largest absolute Gasteiger partial charge is 0.481 e. The molecule has 0 fully saturated rings. The van der Waals surface area contributed by atoms with Gasteiger partial charge >= 0.3 is 5.97 Å². The molecule has 0 bridgehead atoms. The second kappa shape index (κ2) is 6.40. The van der Waals surface area contributed by atoms with Gasteiger partial charge in [0.05, 0.1) is 6.42 Å². The van der Waals surface area contributed by atoms with Crippen LogP contribution in [-0.4, -0.2) is 17.1 Å². The lowest BCUT2D eigenvalue weighted by Crippen LogP contribution is -2.26. The number of carboxylic acid groups (broad SMARTS) is 1. The lowest BCUT2D eigenvalue weighted by molar-refractivity contribution is -0.137. The molecule has 0 aromatic heterocycles. The van der Waals surface area contributed by atoms with Crippen LogP contribution in [0.1, 0.15) is 12.0 Å². The second-order valence-corrected chi connectivity index (χ2v) is 3.34. The third-order valence-corrected chi connectivity index (χ3v) is 1.86. The SMILES string of the molecule is Cl.NC(CC(=O)O)Cc1cc(F)cc(F)c1. The van der Waals surface area contributed by atoms with Crippen LogP contribution in [0.15, 0.2) is 18.2 Å². The van der Waals surface area contributed by atoms with Crippen LogP contribution in [0.4, 0.5) is 8.78 Å². The van der Waals surface area contributed by atoms with Gasteiger partial charge in [0.1, 0.15) is 11.6 Å². The first kappa shape index (κ1) is 14.8. The van der Waals surface area contributed by atoms with Crippen molar-refractivity contribution in [2.45, 2.75) is 18.9 Å². The minimum atomic E-state index is -1.03. The van der Waals surface area contributed by atoms with E-state index in [1.54, 1.807) is 0 Å². The molecule has 1 atom stereocenters. The normalized spacial score (nSPS) is 11.7. The average Bonchev–Trinajstić information content (AvgIpc) is 1.98. The predicted molar refractivity (Wildman–Crippen MR) is 57.5 cm³/mol. The van der Waals surface area contributed by atoms with E-state index in [1.165, 1.54) is 0 Å². The first-order valence-electron chi connectivity index (χ1n) is 4.39. The molecule has 3 nitrogen and oxygen atoms in total. The molecule has 0 saturated carbocycles. The number of carbonyl (C=O) groups is 1. The van der Waals surface area contributed by atoms with E-state index in [9.17, 15) is 13.6 Å². The Morgan fingerprint density at radius 1 is 1.31 bits per heavy atom. The minimum Gasteiger partial charge on any atom is -0.481 e. The van der Waals surface area contributed by atoms with Crippen LogP contribution in [0.3, 0.4) is 0 Å². The molecule has 1 aromatic carbocycles. The zero-order valence-corrected chi connectivity index (χ0v) is 9.14. The summed E-state index contributed by atoms with van der Waals surface area (Å²) < 4.78 is 25.5. The van der Waals surface area contributed by atoms with Crippen molar-refractivity contribution in [1.29, 1.82) is 0 Å². The summed E-state index contributed by atoms with van der Waals surface area (Å²) in [6.07, 6.45) is -0.0842. The number of aliphatic carboxylic acids is 1. The highest BCUT2D eigenvalue weighted by atomic mass is 35.5. The monoisotopic (exact) mass is 251 g/mol. The molecule has 0 radical (unpaired) electrons. The molecule has 3 N–H and O–H groups in total. The van der Waals surface area contributed by atoms with Crippen LogP contribution in [0.5, 0.6) is 0 Å². The molecular weight excluding hydrogens is 240 g/mol. The van der Waals surface area contributed by atoms with E-state index in [-0.39, 0.29) is 25.2 Å². The summed E-state index contributed by atoms with van der Waals surface area (Å²) in [7, 11) is 0. The lowest BCUT2D eigenvalue weighted by Gasteiger charge is -2.08. The molecule has 0 heterocycles. The number of benzene rings is 1. The number of halogens is 3. The van der Waals surface area contributed by atoms with Crippen LogP contribution < -0.4 is 5.73 Å². The van der Waals surface area contributed by atoms with Gasteiger partial charge in [0, 0.05) is 12.1 Å². The third-order valence-electron chi connectivity index (χ3n) is 1.86. The van der Waals surface area contributed by atoms with Gasteiger partial charge in [0.15, 0.2) is 0 Å². The maximum Gasteiger partial charge on any atom is 0.304 e. The first-order chi connectivity index (χ1) is 6.97. The highest BCUT2D eigenvalue weighted by molar-refractivity contribution is 5.85. The van der Waals surface area contributed by atoms with Crippen molar-refractivity contribution in [1.82, 2.24) is 0 Å². The molecular formula is C10H12ClF2NO2. The van der Waals surface area contributed by atoms with Gasteiger partial charge in [-0.3, -0.25) is 4.79 Å². The number of hydrogen-bond donors (Lipinski definition) is 2. The number of carboxylic acids is 1. The van der Waals surface area contributed by atoms with Crippen molar-refractivity contribution in [2.24, 2.45) is 5.73 Å². The van der Waals surface area contributed by atoms with Gasteiger partial charge in [-0.05, 0) is 24.1 Å². The molecule has 90 valence electrons. The van der Waals surface area contributed by atoms with Crippen LogP contribution in [0, 0.1) is 11.6 Å². The Labute approximate surface area is 97.7 Å². The molecule has 0 aliphatic rings. The van der Waals surface area contributed by atoms with E-state index >= 15 is 0 Å². The summed E-state index contributed by atoms with van der Waals surface area (Å²) in [5.41, 5.74) is 5.84. The van der Waals surface area contributed by atoms with E-state index < -0.39 is 23.6 Å². The van der Waals surface area contributed by atoms with Crippen molar-refractivity contribution in [3.05, 3.63) is 35.4 Å². The predicted octanol–water partition coefficient (Wildman–Crippen LogP) is 1.73. The Bertz CT molecular complexity index is 354. The van der Waals surface area contributed by atoms with Crippen molar-refractivity contribution in [2.75, 3.05) is 0 Å². The summed E-state index contributed by atoms with van der Waals surface area (Å²) >= 11 is 0. The van der Waals surface area contributed by atoms with Crippen LogP contribution >= 0.6 is 12.4 Å². The Kier molecular flexibility index (Phi) is 5.92. The molecule has 1 aromatic rings. The molecule has 0 spiro atoms. The van der Waals surface area contributed by atoms with E-state index in [1.807, 2.05) is 0 Å².